The van der Waals surface area contributed by atoms with Crippen molar-refractivity contribution < 1.29 is 26.3 Å². The van der Waals surface area contributed by atoms with Gasteiger partial charge >= 0.3 is 0 Å². The lowest BCUT2D eigenvalue weighted by Crippen LogP contribution is -2.26. The number of halogens is 6. The van der Waals surface area contributed by atoms with Gasteiger partial charge in [0.25, 0.3) is 0 Å². The van der Waals surface area contributed by atoms with Crippen LogP contribution in [0.1, 0.15) is 152 Å². The minimum Gasteiger partial charge on any atom is -0.203 e. The van der Waals surface area contributed by atoms with Crippen molar-refractivity contribution in [3.05, 3.63) is 175 Å². The number of aryl methyl sites for hydroxylation is 7. The molecule has 0 N–H and O–H groups in total. The Hall–Kier alpha value is -5.10. The quantitative estimate of drug-likeness (QED) is 0.140. The van der Waals surface area contributed by atoms with E-state index < -0.39 is 34.9 Å². The molecule has 3 aliphatic rings. The van der Waals surface area contributed by atoms with Crippen LogP contribution in [0.15, 0.2) is 78.9 Å². The van der Waals surface area contributed by atoms with Crippen molar-refractivity contribution in [2.24, 2.45) is 35.5 Å². The SMILES string of the molecule is Cc1ccc(Cc2cc3ccc(C)c(C)c3c(F)c2F)cc1.Cc1ccc2cc(CC3CCC(C)CC3)c(F)c(F)c2c1C.Cc1ccc2cc(CC3CCC(C4CCC(C)CC4)CC3)c(F)c(F)c2c1C. The molecule has 0 atom stereocenters. The summed E-state index contributed by atoms with van der Waals surface area (Å²) in [6.45, 7) is 18.0. The Bertz CT molecular complexity index is 3030. The van der Waals surface area contributed by atoms with E-state index in [1.807, 2.05) is 121 Å². The standard InChI is InChI=1S/C26H34F2.C20H24F2.C20H18F2/c1-16-4-9-20(10-5-16)21-12-7-19(8-13-21)14-23-15-22-11-6-17(2)18(3)24(22)26(28)25(23)27;2*1-12-4-7-15(8-5-12)10-17-11-16-9-6-13(2)14(3)18(16)20(22)19(17)21/h6,11,15-16,19-21H,4-5,7-10,12-14H2,1-3H3;6,9,11-12,15H,4-5,7-8,10H2,1-3H3;4-9,11H,10H2,1-3H3. The van der Waals surface area contributed by atoms with E-state index in [0.717, 1.165) is 97.2 Å². The van der Waals surface area contributed by atoms with Crippen LogP contribution >= 0.6 is 0 Å². The molecule has 7 aromatic rings. The Kier molecular flexibility index (Phi) is 17.0. The summed E-state index contributed by atoms with van der Waals surface area (Å²) in [6.07, 6.45) is 16.9. The van der Waals surface area contributed by atoms with Gasteiger partial charge in [0.05, 0.1) is 0 Å². The van der Waals surface area contributed by atoms with Crippen LogP contribution in [0.3, 0.4) is 0 Å². The van der Waals surface area contributed by atoms with E-state index in [1.165, 1.54) is 64.2 Å². The van der Waals surface area contributed by atoms with Gasteiger partial charge in [0.15, 0.2) is 34.9 Å². The van der Waals surface area contributed by atoms with E-state index in [-0.39, 0.29) is 0 Å². The molecule has 72 heavy (non-hydrogen) atoms. The predicted molar refractivity (Wildman–Crippen MR) is 289 cm³/mol. The Morgan fingerprint density at radius 2 is 0.681 bits per heavy atom. The molecular formula is C66H76F6. The maximum absolute atomic E-state index is 14.8. The topological polar surface area (TPSA) is 0 Å². The van der Waals surface area contributed by atoms with Gasteiger partial charge in [-0.3, -0.25) is 0 Å². The van der Waals surface area contributed by atoms with Gasteiger partial charge in [0.2, 0.25) is 0 Å². The average Bonchev–Trinajstić information content (AvgIpc) is 3.37. The summed E-state index contributed by atoms with van der Waals surface area (Å²) in [5, 5.41) is 3.70. The molecule has 3 saturated carbocycles. The molecule has 0 aliphatic heterocycles. The van der Waals surface area contributed by atoms with Gasteiger partial charge in [-0.15, -0.1) is 0 Å². The van der Waals surface area contributed by atoms with E-state index in [1.54, 1.807) is 6.07 Å². The van der Waals surface area contributed by atoms with Gasteiger partial charge in [0.1, 0.15) is 0 Å². The molecule has 6 heteroatoms. The lowest BCUT2D eigenvalue weighted by Gasteiger charge is -2.37. The molecule has 3 aliphatic carbocycles. The monoisotopic (exact) mass is 983 g/mol. The predicted octanol–water partition coefficient (Wildman–Crippen LogP) is 19.6. The zero-order valence-electron chi connectivity index (χ0n) is 44.3. The van der Waals surface area contributed by atoms with Crippen LogP contribution in [0.2, 0.25) is 0 Å². The second-order valence-corrected chi connectivity index (χ2v) is 22.8. The lowest BCUT2D eigenvalue weighted by atomic mass is 9.69. The molecule has 0 radical (unpaired) electrons. The van der Waals surface area contributed by atoms with Crippen molar-refractivity contribution in [1.29, 1.82) is 0 Å². The van der Waals surface area contributed by atoms with Gasteiger partial charge in [-0.05, 0) is 238 Å². The van der Waals surface area contributed by atoms with Crippen molar-refractivity contribution >= 4 is 32.3 Å². The van der Waals surface area contributed by atoms with Crippen LogP contribution in [-0.4, -0.2) is 0 Å². The fourth-order valence-corrected chi connectivity index (χ4v) is 12.4. The summed E-state index contributed by atoms with van der Waals surface area (Å²) in [7, 11) is 0. The van der Waals surface area contributed by atoms with Gasteiger partial charge in [-0.25, -0.2) is 26.3 Å². The lowest BCUT2D eigenvalue weighted by molar-refractivity contribution is 0.150. The third-order valence-corrected chi connectivity index (χ3v) is 17.7. The first-order valence-corrected chi connectivity index (χ1v) is 27.0. The summed E-state index contributed by atoms with van der Waals surface area (Å²) in [5.74, 6) is 0.408. The molecule has 382 valence electrons. The smallest absolute Gasteiger partial charge is 0.167 e. The van der Waals surface area contributed by atoms with Crippen LogP contribution < -0.4 is 0 Å². The highest BCUT2D eigenvalue weighted by molar-refractivity contribution is 5.90. The minimum absolute atomic E-state index is 0.394. The molecule has 0 spiro atoms. The van der Waals surface area contributed by atoms with Gasteiger partial charge < -0.3 is 0 Å². The van der Waals surface area contributed by atoms with E-state index in [2.05, 4.69) is 13.8 Å². The summed E-state index contributed by atoms with van der Waals surface area (Å²) < 4.78 is 87.6. The highest BCUT2D eigenvalue weighted by Gasteiger charge is 2.31. The Balaban J connectivity index is 0.000000146. The number of fused-ring (bicyclic) bond motifs is 3. The van der Waals surface area contributed by atoms with Gasteiger partial charge in [0, 0.05) is 22.6 Å². The summed E-state index contributed by atoms with van der Waals surface area (Å²) >= 11 is 0. The van der Waals surface area contributed by atoms with E-state index in [9.17, 15) is 26.3 Å². The van der Waals surface area contributed by atoms with Gasteiger partial charge in [-0.1, -0.05) is 106 Å². The molecule has 0 nitrogen and oxygen atoms in total. The molecule has 0 saturated heterocycles. The second kappa shape index (κ2) is 23.0. The Labute approximate surface area is 426 Å². The van der Waals surface area contributed by atoms with Crippen LogP contribution in [0.25, 0.3) is 32.3 Å². The van der Waals surface area contributed by atoms with Crippen molar-refractivity contribution in [2.75, 3.05) is 0 Å². The fraction of sp³-hybridized carbons (Fsp3) is 0.455. The molecular weight excluding hydrogens is 907 g/mol. The zero-order valence-corrected chi connectivity index (χ0v) is 44.3. The van der Waals surface area contributed by atoms with E-state index in [0.29, 0.717) is 63.9 Å². The maximum Gasteiger partial charge on any atom is 0.167 e. The summed E-state index contributed by atoms with van der Waals surface area (Å²) in [5.41, 5.74) is 9.12. The normalized spacial score (nSPS) is 21.3. The van der Waals surface area contributed by atoms with Crippen molar-refractivity contribution in [3.63, 3.8) is 0 Å². The van der Waals surface area contributed by atoms with E-state index >= 15 is 0 Å². The summed E-state index contributed by atoms with van der Waals surface area (Å²) in [4.78, 5) is 0. The first-order valence-electron chi connectivity index (χ1n) is 27.0. The fourth-order valence-electron chi connectivity index (χ4n) is 12.4. The molecule has 0 heterocycles. The number of hydrogen-bond donors (Lipinski definition) is 0. The number of rotatable bonds is 7. The molecule has 0 unspecified atom stereocenters. The van der Waals surface area contributed by atoms with Gasteiger partial charge in [-0.2, -0.15) is 0 Å². The highest BCUT2D eigenvalue weighted by Crippen LogP contribution is 2.43. The molecule has 3 fully saturated rings. The molecule has 0 amide bonds. The average molecular weight is 983 g/mol. The third-order valence-electron chi connectivity index (χ3n) is 17.7. The molecule has 0 aromatic heterocycles. The maximum atomic E-state index is 14.8. The second-order valence-electron chi connectivity index (χ2n) is 22.8. The van der Waals surface area contributed by atoms with Crippen molar-refractivity contribution in [1.82, 2.24) is 0 Å². The molecule has 7 aromatic carbocycles. The van der Waals surface area contributed by atoms with Crippen molar-refractivity contribution in [3.8, 4) is 0 Å². The molecule has 0 bridgehead atoms. The first kappa shape index (κ1) is 53.2. The minimum atomic E-state index is -0.735. The van der Waals surface area contributed by atoms with E-state index in [4.69, 9.17) is 0 Å². The largest absolute Gasteiger partial charge is 0.203 e. The van der Waals surface area contributed by atoms with Crippen LogP contribution in [0.4, 0.5) is 26.3 Å². The number of hydrogen-bond acceptors (Lipinski definition) is 0. The van der Waals surface area contributed by atoms with Crippen LogP contribution in [0, 0.1) is 119 Å². The Morgan fingerprint density at radius 3 is 1.07 bits per heavy atom. The highest BCUT2D eigenvalue weighted by atomic mass is 19.2. The third kappa shape index (κ3) is 11.8. The molecule has 10 rings (SSSR count). The Morgan fingerprint density at radius 1 is 0.361 bits per heavy atom. The zero-order chi connectivity index (χ0) is 51.5. The first-order chi connectivity index (χ1) is 34.4. The number of benzene rings is 7. The summed E-state index contributed by atoms with van der Waals surface area (Å²) in [6, 6.07) is 25.1. The van der Waals surface area contributed by atoms with Crippen LogP contribution in [0.5, 0.6) is 0 Å². The van der Waals surface area contributed by atoms with Crippen LogP contribution in [-0.2, 0) is 19.3 Å². The van der Waals surface area contributed by atoms with Crippen molar-refractivity contribution in [2.45, 2.75) is 159 Å².